The summed E-state index contributed by atoms with van der Waals surface area (Å²) in [7, 11) is -3.48. The summed E-state index contributed by atoms with van der Waals surface area (Å²) in [6, 6.07) is 3.70. The summed E-state index contributed by atoms with van der Waals surface area (Å²) in [5.41, 5.74) is 0. The predicted octanol–water partition coefficient (Wildman–Crippen LogP) is 1.60. The van der Waals surface area contributed by atoms with Gasteiger partial charge in [-0.3, -0.25) is 0 Å². The molecule has 2 aliphatic rings. The first-order chi connectivity index (χ1) is 9.96. The molecule has 2 fully saturated rings. The van der Waals surface area contributed by atoms with Gasteiger partial charge in [-0.1, -0.05) is 0 Å². The molecule has 1 aliphatic heterocycles. The highest BCUT2D eigenvalue weighted by Crippen LogP contribution is 2.33. The van der Waals surface area contributed by atoms with Gasteiger partial charge in [0.15, 0.2) is 0 Å². The van der Waals surface area contributed by atoms with Crippen LogP contribution in [-0.4, -0.2) is 48.4 Å². The molecule has 1 aliphatic carbocycles. The highest BCUT2D eigenvalue weighted by atomic mass is 32.2. The summed E-state index contributed by atoms with van der Waals surface area (Å²) in [4.78, 5) is 0. The number of rotatable bonds is 5. The fourth-order valence-electron chi connectivity index (χ4n) is 2.79. The third-order valence-electron chi connectivity index (χ3n) is 3.85. The van der Waals surface area contributed by atoms with E-state index >= 15 is 0 Å². The normalized spacial score (nSPS) is 28.1. The number of furan rings is 1. The molecule has 1 saturated heterocycles. The smallest absolute Gasteiger partial charge is 0.282 e. The average molecular weight is 314 g/mol. The zero-order valence-electron chi connectivity index (χ0n) is 12.4. The number of morpholine rings is 1. The van der Waals surface area contributed by atoms with Gasteiger partial charge in [0.05, 0.1) is 25.0 Å². The Balaban J connectivity index is 1.80. The molecule has 0 aromatic carbocycles. The first-order valence-corrected chi connectivity index (χ1v) is 8.81. The molecular formula is C14H22N2O4S. The minimum Gasteiger partial charge on any atom is -0.468 e. The summed E-state index contributed by atoms with van der Waals surface area (Å²) in [5.74, 6) is 0.680. The van der Waals surface area contributed by atoms with Gasteiger partial charge in [-0.25, -0.2) is 0 Å². The van der Waals surface area contributed by atoms with Crippen molar-refractivity contribution < 1.29 is 17.6 Å². The minimum atomic E-state index is -3.48. The quantitative estimate of drug-likeness (QED) is 0.828. The Bertz CT molecular complexity index is 558. The number of hydrogen-bond donors (Lipinski definition) is 0. The van der Waals surface area contributed by atoms with Crippen molar-refractivity contribution >= 4 is 10.2 Å². The van der Waals surface area contributed by atoms with Crippen LogP contribution in [0.5, 0.6) is 0 Å². The Labute approximate surface area is 125 Å². The lowest BCUT2D eigenvalue weighted by atomic mass is 10.3. The van der Waals surface area contributed by atoms with Crippen LogP contribution in [0.3, 0.4) is 0 Å². The summed E-state index contributed by atoms with van der Waals surface area (Å²) >= 11 is 0. The van der Waals surface area contributed by atoms with Crippen molar-refractivity contribution in [2.75, 3.05) is 13.1 Å². The molecule has 3 rings (SSSR count). The third-order valence-corrected chi connectivity index (χ3v) is 5.83. The van der Waals surface area contributed by atoms with Crippen molar-refractivity contribution in [3.8, 4) is 0 Å². The van der Waals surface area contributed by atoms with Crippen LogP contribution >= 0.6 is 0 Å². The van der Waals surface area contributed by atoms with Gasteiger partial charge in [-0.15, -0.1) is 0 Å². The van der Waals surface area contributed by atoms with E-state index in [9.17, 15) is 8.42 Å². The summed E-state index contributed by atoms with van der Waals surface area (Å²) in [6.07, 6.45) is 3.28. The van der Waals surface area contributed by atoms with Crippen molar-refractivity contribution in [3.05, 3.63) is 24.2 Å². The van der Waals surface area contributed by atoms with Crippen LogP contribution in [-0.2, 0) is 21.5 Å². The fourth-order valence-corrected chi connectivity index (χ4v) is 4.76. The highest BCUT2D eigenvalue weighted by molar-refractivity contribution is 7.86. The second-order valence-electron chi connectivity index (χ2n) is 5.94. The Hall–Kier alpha value is -0.890. The molecule has 2 heterocycles. The lowest BCUT2D eigenvalue weighted by Gasteiger charge is -2.37. The predicted molar refractivity (Wildman–Crippen MR) is 77.8 cm³/mol. The molecule has 0 bridgehead atoms. The van der Waals surface area contributed by atoms with E-state index in [0.29, 0.717) is 25.4 Å². The van der Waals surface area contributed by atoms with E-state index in [1.807, 2.05) is 19.9 Å². The maximum atomic E-state index is 12.9. The van der Waals surface area contributed by atoms with Gasteiger partial charge in [0, 0.05) is 19.1 Å². The number of ether oxygens (including phenoxy) is 1. The third kappa shape index (κ3) is 3.31. The molecule has 2 unspecified atom stereocenters. The van der Waals surface area contributed by atoms with Gasteiger partial charge in [-0.05, 0) is 38.8 Å². The van der Waals surface area contributed by atoms with Crippen LogP contribution in [0, 0.1) is 0 Å². The molecule has 2 atom stereocenters. The Morgan fingerprint density at radius 3 is 2.48 bits per heavy atom. The van der Waals surface area contributed by atoms with Crippen molar-refractivity contribution in [3.63, 3.8) is 0 Å². The van der Waals surface area contributed by atoms with E-state index in [4.69, 9.17) is 9.15 Å². The van der Waals surface area contributed by atoms with Crippen LogP contribution < -0.4 is 0 Å². The molecule has 7 heteroatoms. The summed E-state index contributed by atoms with van der Waals surface area (Å²) in [5, 5.41) is 0. The number of hydrogen-bond acceptors (Lipinski definition) is 4. The average Bonchev–Trinajstić information content (AvgIpc) is 3.11. The maximum absolute atomic E-state index is 12.9. The van der Waals surface area contributed by atoms with Crippen LogP contribution in [0.25, 0.3) is 0 Å². The van der Waals surface area contributed by atoms with Crippen molar-refractivity contribution in [2.24, 2.45) is 0 Å². The van der Waals surface area contributed by atoms with Gasteiger partial charge in [0.1, 0.15) is 5.76 Å². The van der Waals surface area contributed by atoms with Gasteiger partial charge in [0.25, 0.3) is 10.2 Å². The van der Waals surface area contributed by atoms with Crippen LogP contribution in [0.4, 0.5) is 0 Å². The van der Waals surface area contributed by atoms with Crippen LogP contribution in [0.1, 0.15) is 32.4 Å². The molecule has 21 heavy (non-hydrogen) atoms. The zero-order chi connectivity index (χ0) is 15.0. The van der Waals surface area contributed by atoms with E-state index in [1.165, 1.54) is 0 Å². The summed E-state index contributed by atoms with van der Waals surface area (Å²) < 4.78 is 40.0. The first kappa shape index (κ1) is 15.0. The lowest BCUT2D eigenvalue weighted by molar-refractivity contribution is -0.0456. The van der Waals surface area contributed by atoms with Gasteiger partial charge in [0.2, 0.25) is 0 Å². The molecule has 1 saturated carbocycles. The fraction of sp³-hybridized carbons (Fsp3) is 0.714. The monoisotopic (exact) mass is 314 g/mol. The number of nitrogens with zero attached hydrogens (tertiary/aromatic N) is 2. The second kappa shape index (κ2) is 5.72. The molecule has 0 radical (unpaired) electrons. The van der Waals surface area contributed by atoms with Gasteiger partial charge >= 0.3 is 0 Å². The van der Waals surface area contributed by atoms with E-state index < -0.39 is 10.2 Å². The standard InChI is InChI=1S/C14H22N2O4S/c1-11-8-15(9-12(2)20-11)21(17,18)16(13-5-6-13)10-14-4-3-7-19-14/h3-4,7,11-13H,5-6,8-10H2,1-2H3. The van der Waals surface area contributed by atoms with Crippen LogP contribution in [0.15, 0.2) is 22.8 Å². The Kier molecular flexibility index (Phi) is 4.09. The molecular weight excluding hydrogens is 292 g/mol. The molecule has 1 aromatic rings. The zero-order valence-corrected chi connectivity index (χ0v) is 13.3. The van der Waals surface area contributed by atoms with E-state index in [2.05, 4.69) is 0 Å². The molecule has 1 aromatic heterocycles. The SMILES string of the molecule is CC1CN(S(=O)(=O)N(Cc2ccco2)C2CC2)CC(C)O1. The van der Waals surface area contributed by atoms with Gasteiger partial charge < -0.3 is 9.15 Å². The van der Waals surface area contributed by atoms with E-state index in [-0.39, 0.29) is 18.2 Å². The second-order valence-corrected chi connectivity index (χ2v) is 7.82. The van der Waals surface area contributed by atoms with Crippen molar-refractivity contribution in [1.82, 2.24) is 8.61 Å². The van der Waals surface area contributed by atoms with Gasteiger partial charge in [-0.2, -0.15) is 17.0 Å². The highest BCUT2D eigenvalue weighted by Gasteiger charge is 2.42. The van der Waals surface area contributed by atoms with Crippen molar-refractivity contribution in [2.45, 2.75) is 51.5 Å². The van der Waals surface area contributed by atoms with E-state index in [0.717, 1.165) is 12.8 Å². The maximum Gasteiger partial charge on any atom is 0.282 e. The minimum absolute atomic E-state index is 0.0757. The van der Waals surface area contributed by atoms with Crippen LogP contribution in [0.2, 0.25) is 0 Å². The molecule has 0 spiro atoms. The van der Waals surface area contributed by atoms with E-state index in [1.54, 1.807) is 20.9 Å². The largest absolute Gasteiger partial charge is 0.468 e. The Morgan fingerprint density at radius 2 is 1.95 bits per heavy atom. The lowest BCUT2D eigenvalue weighted by Crippen LogP contribution is -2.53. The first-order valence-electron chi connectivity index (χ1n) is 7.41. The summed E-state index contributed by atoms with van der Waals surface area (Å²) in [6.45, 7) is 4.95. The molecule has 0 N–H and O–H groups in total. The topological polar surface area (TPSA) is 63.0 Å². The Morgan fingerprint density at radius 1 is 1.29 bits per heavy atom. The molecule has 6 nitrogen and oxygen atoms in total. The molecule has 0 amide bonds. The molecule has 118 valence electrons. The van der Waals surface area contributed by atoms with Crippen molar-refractivity contribution in [1.29, 1.82) is 0 Å².